The summed E-state index contributed by atoms with van der Waals surface area (Å²) in [7, 11) is 2.10. The van der Waals surface area contributed by atoms with E-state index in [0.717, 1.165) is 32.8 Å². The fourth-order valence-corrected chi connectivity index (χ4v) is 2.90. The second-order valence-electron chi connectivity index (χ2n) is 6.64. The summed E-state index contributed by atoms with van der Waals surface area (Å²) in [5.74, 6) is 0.677. The Kier molecular flexibility index (Phi) is 5.51. The lowest BCUT2D eigenvalue weighted by molar-refractivity contribution is -0.0308. The monoisotopic (exact) mass is 321 g/mol. The van der Waals surface area contributed by atoms with E-state index in [-0.39, 0.29) is 12.1 Å². The van der Waals surface area contributed by atoms with Gasteiger partial charge < -0.3 is 24.4 Å². The van der Waals surface area contributed by atoms with Gasteiger partial charge in [0.25, 0.3) is 0 Å². The molecule has 0 spiro atoms. The summed E-state index contributed by atoms with van der Waals surface area (Å²) in [6, 6.07) is 0.0221. The molecule has 0 aromatic carbocycles. The quantitative estimate of drug-likeness (QED) is 0.800. The highest BCUT2D eigenvalue weighted by atomic mass is 16.5. The third kappa shape index (κ3) is 5.21. The van der Waals surface area contributed by atoms with Gasteiger partial charge in [-0.3, -0.25) is 0 Å². The van der Waals surface area contributed by atoms with Crippen LogP contribution in [0, 0.1) is 5.92 Å². The molecule has 1 aromatic rings. The largest absolute Gasteiger partial charge is 0.374 e. The number of hydrogen-bond acceptors (Lipinski definition) is 4. The summed E-state index contributed by atoms with van der Waals surface area (Å²) < 4.78 is 7.78. The Balaban J connectivity index is 1.47. The first-order chi connectivity index (χ1) is 11.2. The Morgan fingerprint density at radius 1 is 1.43 bits per heavy atom. The summed E-state index contributed by atoms with van der Waals surface area (Å²) in [5, 5.41) is 3.02. The normalized spacial score (nSPS) is 22.0. The van der Waals surface area contributed by atoms with Gasteiger partial charge in [0.15, 0.2) is 0 Å². The van der Waals surface area contributed by atoms with Gasteiger partial charge in [-0.2, -0.15) is 0 Å². The summed E-state index contributed by atoms with van der Waals surface area (Å²) >= 11 is 0. The van der Waals surface area contributed by atoms with Crippen LogP contribution in [0.4, 0.5) is 4.79 Å². The van der Waals surface area contributed by atoms with Crippen LogP contribution in [0.3, 0.4) is 0 Å². The van der Waals surface area contributed by atoms with Crippen molar-refractivity contribution in [1.29, 1.82) is 0 Å². The minimum Gasteiger partial charge on any atom is -0.374 e. The molecule has 7 nitrogen and oxygen atoms in total. The van der Waals surface area contributed by atoms with Gasteiger partial charge in [0.05, 0.1) is 19.0 Å². The predicted molar refractivity (Wildman–Crippen MR) is 87.2 cm³/mol. The van der Waals surface area contributed by atoms with Gasteiger partial charge in [-0.05, 0) is 25.8 Å². The summed E-state index contributed by atoms with van der Waals surface area (Å²) in [5.41, 5.74) is 0. The Labute approximate surface area is 137 Å². The maximum absolute atomic E-state index is 12.5. The maximum atomic E-state index is 12.5. The van der Waals surface area contributed by atoms with Crippen molar-refractivity contribution in [3.63, 3.8) is 0 Å². The average molecular weight is 321 g/mol. The molecule has 0 radical (unpaired) electrons. The van der Waals surface area contributed by atoms with E-state index in [9.17, 15) is 4.79 Å². The first-order valence-electron chi connectivity index (χ1n) is 8.49. The molecule has 1 aliphatic carbocycles. The molecule has 2 fully saturated rings. The van der Waals surface area contributed by atoms with Crippen molar-refractivity contribution in [3.8, 4) is 0 Å². The molecule has 1 aromatic heterocycles. The van der Waals surface area contributed by atoms with Gasteiger partial charge in [-0.15, -0.1) is 0 Å². The lowest BCUT2D eigenvalue weighted by atomic mass is 10.2. The average Bonchev–Trinajstić information content (AvgIpc) is 3.19. The number of carbonyl (C=O) groups excluding carboxylic acids is 1. The van der Waals surface area contributed by atoms with E-state index in [0.29, 0.717) is 19.0 Å². The number of imidazole rings is 1. The van der Waals surface area contributed by atoms with Crippen molar-refractivity contribution in [2.45, 2.75) is 25.5 Å². The van der Waals surface area contributed by atoms with E-state index in [1.807, 2.05) is 15.7 Å². The molecule has 1 N–H and O–H groups in total. The zero-order chi connectivity index (χ0) is 16.1. The van der Waals surface area contributed by atoms with Crippen LogP contribution in [0.1, 0.15) is 12.8 Å². The van der Waals surface area contributed by atoms with Crippen LogP contribution in [-0.2, 0) is 11.3 Å². The van der Waals surface area contributed by atoms with E-state index in [1.165, 1.54) is 12.8 Å². The van der Waals surface area contributed by atoms with E-state index in [1.54, 1.807) is 12.5 Å². The topological polar surface area (TPSA) is 62.6 Å². The number of morpholine rings is 1. The molecule has 128 valence electrons. The maximum Gasteiger partial charge on any atom is 0.317 e. The minimum atomic E-state index is 0.0221. The van der Waals surface area contributed by atoms with E-state index in [2.05, 4.69) is 22.2 Å². The van der Waals surface area contributed by atoms with Crippen molar-refractivity contribution < 1.29 is 9.53 Å². The van der Waals surface area contributed by atoms with Crippen molar-refractivity contribution in [2.24, 2.45) is 5.92 Å². The van der Waals surface area contributed by atoms with Gasteiger partial charge in [0.2, 0.25) is 0 Å². The van der Waals surface area contributed by atoms with Gasteiger partial charge in [0.1, 0.15) is 0 Å². The molecule has 2 heterocycles. The summed E-state index contributed by atoms with van der Waals surface area (Å²) in [4.78, 5) is 20.7. The molecule has 23 heavy (non-hydrogen) atoms. The zero-order valence-electron chi connectivity index (χ0n) is 13.9. The van der Waals surface area contributed by atoms with Crippen LogP contribution in [0.2, 0.25) is 0 Å². The van der Waals surface area contributed by atoms with Gasteiger partial charge in [-0.25, -0.2) is 9.78 Å². The Morgan fingerprint density at radius 3 is 3.00 bits per heavy atom. The number of hydrogen-bond donors (Lipinski definition) is 1. The SMILES string of the molecule is CN1CCO[C@H](CN(CC2CC2)C(=O)NCCn2ccnc2)C1. The van der Waals surface area contributed by atoms with Crippen molar-refractivity contribution in [2.75, 3.05) is 46.4 Å². The van der Waals surface area contributed by atoms with Crippen LogP contribution in [0.15, 0.2) is 18.7 Å². The number of urea groups is 1. The number of rotatable bonds is 7. The number of likely N-dealkylation sites (N-methyl/N-ethyl adjacent to an activating group) is 1. The third-order valence-corrected chi connectivity index (χ3v) is 4.43. The summed E-state index contributed by atoms with van der Waals surface area (Å²) in [6.45, 7) is 5.49. The molecule has 3 rings (SSSR count). The molecule has 0 bridgehead atoms. The lowest BCUT2D eigenvalue weighted by Gasteiger charge is -2.34. The Morgan fingerprint density at radius 2 is 2.30 bits per heavy atom. The molecule has 2 amide bonds. The predicted octanol–water partition coefficient (Wildman–Crippen LogP) is 0.635. The fraction of sp³-hybridized carbons (Fsp3) is 0.750. The van der Waals surface area contributed by atoms with E-state index in [4.69, 9.17) is 4.74 Å². The number of nitrogens with one attached hydrogen (secondary N) is 1. The fourth-order valence-electron chi connectivity index (χ4n) is 2.90. The molecule has 2 aliphatic rings. The molecule has 1 atom stereocenters. The second-order valence-corrected chi connectivity index (χ2v) is 6.64. The molecule has 0 unspecified atom stereocenters. The molecule has 1 saturated carbocycles. The standard InChI is InChI=1S/C16H27N5O2/c1-19-8-9-23-15(11-19)12-21(10-14-2-3-14)16(22)18-5-7-20-6-4-17-13-20/h4,6,13-15H,2-3,5,7-12H2,1H3,(H,18,22)/t15-/m0/s1. The molecule has 7 heteroatoms. The van der Waals surface area contributed by atoms with Crippen LogP contribution in [0.5, 0.6) is 0 Å². The number of nitrogens with zero attached hydrogens (tertiary/aromatic N) is 4. The minimum absolute atomic E-state index is 0.0221. The van der Waals surface area contributed by atoms with Gasteiger partial charge >= 0.3 is 6.03 Å². The van der Waals surface area contributed by atoms with Crippen molar-refractivity contribution in [1.82, 2.24) is 24.7 Å². The zero-order valence-corrected chi connectivity index (χ0v) is 13.9. The smallest absolute Gasteiger partial charge is 0.317 e. The number of ether oxygens (including phenoxy) is 1. The van der Waals surface area contributed by atoms with Crippen LogP contribution < -0.4 is 5.32 Å². The first-order valence-corrected chi connectivity index (χ1v) is 8.49. The number of amides is 2. The van der Waals surface area contributed by atoms with Gasteiger partial charge in [-0.1, -0.05) is 0 Å². The number of aromatic nitrogens is 2. The highest BCUT2D eigenvalue weighted by Gasteiger charge is 2.29. The molecular formula is C16H27N5O2. The van der Waals surface area contributed by atoms with E-state index < -0.39 is 0 Å². The van der Waals surface area contributed by atoms with Crippen LogP contribution in [0.25, 0.3) is 0 Å². The first kappa shape index (κ1) is 16.3. The van der Waals surface area contributed by atoms with Crippen LogP contribution >= 0.6 is 0 Å². The van der Waals surface area contributed by atoms with E-state index >= 15 is 0 Å². The summed E-state index contributed by atoms with van der Waals surface area (Å²) in [6.07, 6.45) is 8.01. The Hall–Kier alpha value is -1.60. The molecule has 1 aliphatic heterocycles. The Bertz CT molecular complexity index is 489. The van der Waals surface area contributed by atoms with Crippen molar-refractivity contribution in [3.05, 3.63) is 18.7 Å². The molecular weight excluding hydrogens is 294 g/mol. The van der Waals surface area contributed by atoms with Crippen LogP contribution in [-0.4, -0.2) is 77.9 Å². The lowest BCUT2D eigenvalue weighted by Crippen LogP contribution is -2.50. The highest BCUT2D eigenvalue weighted by Crippen LogP contribution is 2.29. The van der Waals surface area contributed by atoms with Crippen molar-refractivity contribution >= 4 is 6.03 Å². The number of carbonyl (C=O) groups is 1. The van der Waals surface area contributed by atoms with Gasteiger partial charge in [0, 0.05) is 51.7 Å². The third-order valence-electron chi connectivity index (χ3n) is 4.43. The highest BCUT2D eigenvalue weighted by molar-refractivity contribution is 5.74. The second kappa shape index (κ2) is 7.79. The molecule has 1 saturated heterocycles.